The summed E-state index contributed by atoms with van der Waals surface area (Å²) in [6.07, 6.45) is 21.1. The van der Waals surface area contributed by atoms with E-state index in [1.807, 2.05) is 0 Å². The van der Waals surface area contributed by atoms with Crippen molar-refractivity contribution in [2.45, 2.75) is 103 Å². The number of hydrogen-bond donors (Lipinski definition) is 0. The zero-order valence-electron chi connectivity index (χ0n) is 21.0. The molecule has 0 aromatic heterocycles. The molecule has 0 bridgehead atoms. The number of fused-ring (bicyclic) bond motifs is 2. The van der Waals surface area contributed by atoms with Gasteiger partial charge in [0, 0.05) is 0 Å². The average Bonchev–Trinajstić information content (AvgIpc) is 3.53. The second-order valence-corrected chi connectivity index (χ2v) is 14.0. The zero-order valence-corrected chi connectivity index (χ0v) is 25.0. The Balaban J connectivity index is 0.000000314. The topological polar surface area (TPSA) is 0 Å². The van der Waals surface area contributed by atoms with E-state index < -0.39 is 20.8 Å². The van der Waals surface area contributed by atoms with Crippen molar-refractivity contribution >= 4 is 17.0 Å². The van der Waals surface area contributed by atoms with Crippen LogP contribution in [0.25, 0.3) is 0 Å². The van der Waals surface area contributed by atoms with Crippen LogP contribution < -0.4 is 0 Å². The average molecular weight is 559 g/mol. The van der Waals surface area contributed by atoms with Crippen LogP contribution in [0.15, 0.2) is 30.3 Å². The molecule has 0 radical (unpaired) electrons. The molecule has 1 aromatic rings. The number of rotatable bonds is 4. The quantitative estimate of drug-likeness (QED) is 0.322. The molecule has 3 heteroatoms. The van der Waals surface area contributed by atoms with Crippen molar-refractivity contribution in [2.75, 3.05) is 0 Å². The van der Waals surface area contributed by atoms with Crippen LogP contribution in [0.5, 0.6) is 0 Å². The Morgan fingerprint density at radius 3 is 1.81 bits per heavy atom. The smallest absolute Gasteiger partial charge is 0.01000 e. The number of halogens is 2. The number of benzene rings is 1. The largest absolute Gasteiger partial charge is 0.0622 e. The molecule has 4 fully saturated rings. The third kappa shape index (κ3) is 8.72. The van der Waals surface area contributed by atoms with Crippen LogP contribution in [0.3, 0.4) is 0 Å². The summed E-state index contributed by atoms with van der Waals surface area (Å²) in [5.74, 6) is 6.19. The summed E-state index contributed by atoms with van der Waals surface area (Å²) >= 11 is -0.826. The van der Waals surface area contributed by atoms with Crippen LogP contribution in [0, 0.1) is 44.4 Å². The normalized spacial score (nSPS) is 30.2. The molecule has 4 saturated carbocycles. The molecular weight excluding hydrogens is 510 g/mol. The summed E-state index contributed by atoms with van der Waals surface area (Å²) in [5.41, 5.74) is 1.66. The zero-order chi connectivity index (χ0) is 21.2. The van der Waals surface area contributed by atoms with Crippen LogP contribution in [0.4, 0.5) is 0 Å². The van der Waals surface area contributed by atoms with Gasteiger partial charge in [-0.2, -0.15) is 0 Å². The minimum absolute atomic E-state index is 0. The van der Waals surface area contributed by atoms with Gasteiger partial charge in [-0.15, -0.1) is 0 Å². The summed E-state index contributed by atoms with van der Waals surface area (Å²) in [6, 6.07) is 11.5. The Morgan fingerprint density at radius 1 is 0.781 bits per heavy atom. The van der Waals surface area contributed by atoms with E-state index in [1.165, 1.54) is 83.5 Å². The van der Waals surface area contributed by atoms with Crippen LogP contribution in [-0.4, -0.2) is 0 Å². The summed E-state index contributed by atoms with van der Waals surface area (Å²) in [6.45, 7) is 2.29. The van der Waals surface area contributed by atoms with Crippen molar-refractivity contribution in [1.29, 1.82) is 0 Å². The first-order chi connectivity index (χ1) is 14.8. The van der Waals surface area contributed by atoms with E-state index in [1.54, 1.807) is 12.0 Å². The van der Waals surface area contributed by atoms with Crippen molar-refractivity contribution < 1.29 is 20.8 Å². The van der Waals surface area contributed by atoms with Crippen LogP contribution in [-0.2, 0) is 20.8 Å². The third-order valence-electron chi connectivity index (χ3n) is 8.59. The fraction of sp³-hybridized carbons (Fsp3) is 0.724. The minimum Gasteiger partial charge on any atom is -0.0622 e. The van der Waals surface area contributed by atoms with E-state index in [9.17, 15) is 0 Å². The molecular formula is C29H48Cl2Zr. The Morgan fingerprint density at radius 2 is 1.31 bits per heavy atom. The van der Waals surface area contributed by atoms with Gasteiger partial charge in [0.15, 0.2) is 0 Å². The standard InChI is InChI=1S/C18H24.C9H18.2CH3.2ClH.Zr/c1-2-6-13(7-3-1)18-16-10-4-8-14(16)12-15-9-5-11-17(15)18;1-2-3-6-9-7-4-5-8-9;;;;;/h1-3,6-7,14-18H,4-5,8-12H2;9H,2-8H2,1H3;2*1H3;2*1H;/q;;2*-1;;;+4/p-2. The van der Waals surface area contributed by atoms with Crippen LogP contribution in [0.1, 0.15) is 108 Å². The van der Waals surface area contributed by atoms with Crippen molar-refractivity contribution in [3.8, 4) is 0 Å². The summed E-state index contributed by atoms with van der Waals surface area (Å²) in [4.78, 5) is 0. The predicted octanol–water partition coefficient (Wildman–Crippen LogP) is 10.7. The van der Waals surface area contributed by atoms with E-state index in [0.29, 0.717) is 0 Å². The molecule has 4 unspecified atom stereocenters. The Labute approximate surface area is 219 Å². The fourth-order valence-corrected chi connectivity index (χ4v) is 7.33. The van der Waals surface area contributed by atoms with E-state index >= 15 is 0 Å². The maximum atomic E-state index is 4.93. The van der Waals surface area contributed by atoms with Crippen LogP contribution >= 0.6 is 17.0 Å². The second kappa shape index (κ2) is 17.2. The van der Waals surface area contributed by atoms with Gasteiger partial charge in [0.25, 0.3) is 0 Å². The molecule has 1 aromatic carbocycles. The molecule has 182 valence electrons. The molecule has 4 atom stereocenters. The van der Waals surface area contributed by atoms with Crippen molar-refractivity contribution in [1.82, 2.24) is 0 Å². The van der Waals surface area contributed by atoms with Gasteiger partial charge in [0.05, 0.1) is 0 Å². The molecule has 0 heterocycles. The fourth-order valence-electron chi connectivity index (χ4n) is 7.33. The van der Waals surface area contributed by atoms with Gasteiger partial charge in [-0.25, -0.2) is 0 Å². The van der Waals surface area contributed by atoms with Gasteiger partial charge in [-0.05, 0) is 60.3 Å². The first-order valence-electron chi connectivity index (χ1n) is 12.8. The molecule has 0 spiro atoms. The molecule has 0 N–H and O–H groups in total. The molecule has 0 amide bonds. The Hall–Kier alpha value is 0.683. The van der Waals surface area contributed by atoms with E-state index in [-0.39, 0.29) is 14.9 Å². The summed E-state index contributed by atoms with van der Waals surface area (Å²) < 4.78 is 0. The van der Waals surface area contributed by atoms with E-state index in [2.05, 4.69) is 37.3 Å². The number of unbranched alkanes of at least 4 members (excludes halogenated alkanes) is 1. The van der Waals surface area contributed by atoms with Gasteiger partial charge in [0.1, 0.15) is 0 Å². The van der Waals surface area contributed by atoms with Gasteiger partial charge in [-0.1, -0.05) is 108 Å². The first kappa shape index (κ1) is 30.7. The number of hydrogen-bond acceptors (Lipinski definition) is 0. The third-order valence-corrected chi connectivity index (χ3v) is 8.59. The monoisotopic (exact) mass is 556 g/mol. The molecule has 32 heavy (non-hydrogen) atoms. The van der Waals surface area contributed by atoms with Gasteiger partial charge >= 0.3 is 37.9 Å². The van der Waals surface area contributed by atoms with Gasteiger partial charge in [-0.3, -0.25) is 0 Å². The van der Waals surface area contributed by atoms with Crippen molar-refractivity contribution in [2.24, 2.45) is 29.6 Å². The van der Waals surface area contributed by atoms with E-state index in [0.717, 1.165) is 35.5 Å². The van der Waals surface area contributed by atoms with E-state index in [4.69, 9.17) is 17.0 Å². The second-order valence-electron chi connectivity index (χ2n) is 10.2. The van der Waals surface area contributed by atoms with Crippen LogP contribution in [0.2, 0.25) is 0 Å². The molecule has 4 aliphatic rings. The Bertz CT molecular complexity index is 552. The molecule has 0 nitrogen and oxygen atoms in total. The minimum atomic E-state index is -0.826. The SMILES string of the molecule is CCCCC1CCCC1.[CH3-].[CH3-].[Cl][Zr+2][Cl].c1ccc(C2C3CCCC3CC3CCCC32)cc1. The van der Waals surface area contributed by atoms with Crippen molar-refractivity contribution in [3.05, 3.63) is 50.7 Å². The van der Waals surface area contributed by atoms with Crippen molar-refractivity contribution in [3.63, 3.8) is 0 Å². The predicted molar refractivity (Wildman–Crippen MR) is 141 cm³/mol. The van der Waals surface area contributed by atoms with Gasteiger partial charge in [0.2, 0.25) is 0 Å². The molecule has 4 aliphatic carbocycles. The molecule has 0 saturated heterocycles. The van der Waals surface area contributed by atoms with Gasteiger partial charge < -0.3 is 14.9 Å². The summed E-state index contributed by atoms with van der Waals surface area (Å²) in [7, 11) is 9.87. The Kier molecular flexibility index (Phi) is 16.5. The maximum Gasteiger partial charge on any atom is -0.01000 e. The molecule has 0 aliphatic heterocycles. The summed E-state index contributed by atoms with van der Waals surface area (Å²) in [5, 5.41) is 0. The first-order valence-corrected chi connectivity index (χ1v) is 19.1. The molecule has 5 rings (SSSR count). The maximum absolute atomic E-state index is 4.93.